The van der Waals surface area contributed by atoms with Gasteiger partial charge in [-0.2, -0.15) is 5.10 Å². The number of sulfonamides is 1. The molecule has 11 heteroatoms. The first-order valence-electron chi connectivity index (χ1n) is 9.66. The van der Waals surface area contributed by atoms with Gasteiger partial charge in [-0.05, 0) is 51.3 Å². The molecular weight excluding hydrogens is 430 g/mol. The maximum atomic E-state index is 11.8. The van der Waals surface area contributed by atoms with Gasteiger partial charge in [-0.15, -0.1) is 0 Å². The molecule has 1 heterocycles. The summed E-state index contributed by atoms with van der Waals surface area (Å²) >= 11 is 6.16. The van der Waals surface area contributed by atoms with Crippen LogP contribution in [-0.4, -0.2) is 43.1 Å². The Morgan fingerprint density at radius 3 is 2.73 bits per heavy atom. The summed E-state index contributed by atoms with van der Waals surface area (Å²) in [5.41, 5.74) is 1.95. The number of nitrogens with one attached hydrogen (secondary N) is 4. The van der Waals surface area contributed by atoms with Crippen molar-refractivity contribution in [3.05, 3.63) is 35.0 Å². The van der Waals surface area contributed by atoms with E-state index >= 15 is 0 Å². The Kier molecular flexibility index (Phi) is 6.77. The number of amides is 1. The average molecular weight is 456 g/mol. The largest absolute Gasteiger partial charge is 0.446 e. The molecule has 0 unspecified atom stereocenters. The Bertz CT molecular complexity index is 1010. The van der Waals surface area contributed by atoms with Crippen LogP contribution in [0.2, 0.25) is 5.02 Å². The van der Waals surface area contributed by atoms with Gasteiger partial charge < -0.3 is 15.4 Å². The molecule has 2 atom stereocenters. The minimum atomic E-state index is -3.40. The van der Waals surface area contributed by atoms with Crippen molar-refractivity contribution in [1.29, 1.82) is 0 Å². The number of anilines is 3. The monoisotopic (exact) mass is 455 g/mol. The van der Waals surface area contributed by atoms with E-state index in [1.54, 1.807) is 18.2 Å². The molecule has 0 spiro atoms. The molecule has 1 amide bonds. The van der Waals surface area contributed by atoms with Crippen molar-refractivity contribution in [3.63, 3.8) is 0 Å². The summed E-state index contributed by atoms with van der Waals surface area (Å²) in [4.78, 5) is 11.8. The Hall–Kier alpha value is -2.46. The molecule has 1 aliphatic rings. The van der Waals surface area contributed by atoms with Crippen molar-refractivity contribution in [2.24, 2.45) is 0 Å². The van der Waals surface area contributed by atoms with Crippen molar-refractivity contribution in [2.75, 3.05) is 16.3 Å². The van der Waals surface area contributed by atoms with Crippen LogP contribution in [0.3, 0.4) is 0 Å². The van der Waals surface area contributed by atoms with Crippen LogP contribution in [0.1, 0.15) is 44.7 Å². The van der Waals surface area contributed by atoms with Crippen LogP contribution < -0.4 is 15.4 Å². The smallest absolute Gasteiger partial charge is 0.407 e. The predicted octanol–water partition coefficient (Wildman–Crippen LogP) is 3.95. The molecule has 1 fully saturated rings. The van der Waals surface area contributed by atoms with E-state index < -0.39 is 10.0 Å². The molecule has 1 aliphatic carbocycles. The molecule has 0 aliphatic heterocycles. The van der Waals surface area contributed by atoms with Crippen LogP contribution >= 0.6 is 11.6 Å². The second-order valence-electron chi connectivity index (χ2n) is 7.74. The molecule has 164 valence electrons. The number of halogens is 1. The lowest BCUT2D eigenvalue weighted by Crippen LogP contribution is -2.33. The third-order valence-corrected chi connectivity index (χ3v) is 5.54. The Morgan fingerprint density at radius 2 is 2.07 bits per heavy atom. The average Bonchev–Trinajstić information content (AvgIpc) is 3.25. The van der Waals surface area contributed by atoms with E-state index in [9.17, 15) is 13.2 Å². The van der Waals surface area contributed by atoms with Crippen LogP contribution in [0.15, 0.2) is 24.3 Å². The van der Waals surface area contributed by atoms with Crippen molar-refractivity contribution >= 4 is 44.9 Å². The number of aromatic amines is 1. The Balaban J connectivity index is 1.58. The summed E-state index contributed by atoms with van der Waals surface area (Å²) in [6.45, 7) is 3.78. The van der Waals surface area contributed by atoms with Crippen LogP contribution in [0.4, 0.5) is 22.0 Å². The molecule has 0 radical (unpaired) electrons. The fourth-order valence-electron chi connectivity index (χ4n) is 3.38. The van der Waals surface area contributed by atoms with Gasteiger partial charge >= 0.3 is 6.09 Å². The van der Waals surface area contributed by atoms with Gasteiger partial charge in [0, 0.05) is 29.4 Å². The minimum Gasteiger partial charge on any atom is -0.446 e. The number of alkyl carbamates (subject to hydrolysis) is 1. The molecule has 0 saturated heterocycles. The van der Waals surface area contributed by atoms with Gasteiger partial charge in [0.05, 0.1) is 17.0 Å². The third-order valence-electron chi connectivity index (χ3n) is 4.64. The van der Waals surface area contributed by atoms with Crippen molar-refractivity contribution in [2.45, 2.75) is 51.2 Å². The number of ether oxygens (including phenoxy) is 1. The van der Waals surface area contributed by atoms with E-state index in [-0.39, 0.29) is 29.2 Å². The molecule has 9 nitrogen and oxygen atoms in total. The van der Waals surface area contributed by atoms with E-state index in [0.717, 1.165) is 31.2 Å². The van der Waals surface area contributed by atoms with Crippen molar-refractivity contribution in [1.82, 2.24) is 15.5 Å². The highest BCUT2D eigenvalue weighted by atomic mass is 35.5. The predicted molar refractivity (Wildman–Crippen MR) is 117 cm³/mol. The van der Waals surface area contributed by atoms with E-state index in [0.29, 0.717) is 17.2 Å². The first-order valence-corrected chi connectivity index (χ1v) is 11.9. The molecule has 0 bridgehead atoms. The third kappa shape index (κ3) is 6.27. The second-order valence-corrected chi connectivity index (χ2v) is 9.89. The number of carbonyl (C=O) groups excluding carboxylic acids is 1. The van der Waals surface area contributed by atoms with Crippen LogP contribution in [0.5, 0.6) is 0 Å². The molecular formula is C19H26ClN5O4S. The zero-order valence-electron chi connectivity index (χ0n) is 17.0. The van der Waals surface area contributed by atoms with Gasteiger partial charge in [-0.1, -0.05) is 11.6 Å². The zero-order chi connectivity index (χ0) is 21.9. The van der Waals surface area contributed by atoms with Gasteiger partial charge in [0.1, 0.15) is 6.10 Å². The maximum absolute atomic E-state index is 11.8. The molecule has 4 N–H and O–H groups in total. The summed E-state index contributed by atoms with van der Waals surface area (Å²) in [6.07, 6.45) is 3.03. The van der Waals surface area contributed by atoms with Crippen LogP contribution in [0, 0.1) is 0 Å². The van der Waals surface area contributed by atoms with Gasteiger partial charge in [0.2, 0.25) is 10.0 Å². The first kappa shape index (κ1) is 22.2. The quantitative estimate of drug-likeness (QED) is 0.501. The topological polar surface area (TPSA) is 125 Å². The summed E-state index contributed by atoms with van der Waals surface area (Å²) in [6, 6.07) is 6.87. The number of benzene rings is 1. The van der Waals surface area contributed by atoms with E-state index in [1.807, 2.05) is 19.9 Å². The summed E-state index contributed by atoms with van der Waals surface area (Å²) in [5.74, 6) is 0.849. The fraction of sp³-hybridized carbons (Fsp3) is 0.474. The van der Waals surface area contributed by atoms with Gasteiger partial charge in [0.25, 0.3) is 0 Å². The van der Waals surface area contributed by atoms with E-state index in [2.05, 4.69) is 25.6 Å². The van der Waals surface area contributed by atoms with Gasteiger partial charge in [-0.3, -0.25) is 9.82 Å². The number of rotatable bonds is 7. The zero-order valence-corrected chi connectivity index (χ0v) is 18.6. The highest BCUT2D eigenvalue weighted by Gasteiger charge is 2.30. The lowest BCUT2D eigenvalue weighted by atomic mass is 10.0. The Morgan fingerprint density at radius 1 is 1.30 bits per heavy atom. The molecule has 2 aromatic rings. The van der Waals surface area contributed by atoms with Gasteiger partial charge in [0.15, 0.2) is 5.82 Å². The number of H-pyrrole nitrogens is 1. The number of hydrogen-bond donors (Lipinski definition) is 4. The fourth-order valence-corrected chi connectivity index (χ4v) is 4.25. The molecule has 1 aromatic carbocycles. The lowest BCUT2D eigenvalue weighted by molar-refractivity contribution is 0.0981. The van der Waals surface area contributed by atoms with E-state index in [4.69, 9.17) is 16.3 Å². The minimum absolute atomic E-state index is 0.0423. The summed E-state index contributed by atoms with van der Waals surface area (Å²) in [5, 5.41) is 13.5. The number of aromatic nitrogens is 2. The van der Waals surface area contributed by atoms with Crippen molar-refractivity contribution < 1.29 is 17.9 Å². The molecule has 1 saturated carbocycles. The highest BCUT2D eigenvalue weighted by molar-refractivity contribution is 7.92. The second kappa shape index (κ2) is 9.13. The summed E-state index contributed by atoms with van der Waals surface area (Å²) in [7, 11) is -3.40. The van der Waals surface area contributed by atoms with E-state index in [1.165, 1.54) is 0 Å². The Labute approximate surface area is 181 Å². The van der Waals surface area contributed by atoms with Crippen molar-refractivity contribution in [3.8, 4) is 0 Å². The first-order chi connectivity index (χ1) is 14.1. The standard InChI is InChI=1S/C19H26ClN5O4S/c1-11(2)21-19(26)29-14-6-4-12(8-14)17-10-18(24-23-17)22-13-5-7-16(15(20)9-13)25-30(3,27)28/h5,7,9-12,14,25H,4,6,8H2,1-3H3,(H,21,26)(H2,22,23,24)/t12-,14+/m0/s1. The number of hydrogen-bond acceptors (Lipinski definition) is 6. The molecule has 1 aromatic heterocycles. The summed E-state index contributed by atoms with van der Waals surface area (Å²) < 4.78 is 30.5. The molecule has 3 rings (SSSR count). The normalized spacial score (nSPS) is 19.0. The SMILES string of the molecule is CC(C)NC(=O)O[C@@H]1CC[C@H](c2cc(Nc3ccc(NS(C)(=O)=O)c(Cl)c3)n[nH]2)C1. The highest BCUT2D eigenvalue weighted by Crippen LogP contribution is 2.36. The maximum Gasteiger partial charge on any atom is 0.407 e. The lowest BCUT2D eigenvalue weighted by Gasteiger charge is -2.14. The molecule has 30 heavy (non-hydrogen) atoms. The van der Waals surface area contributed by atoms with Crippen LogP contribution in [0.25, 0.3) is 0 Å². The number of nitrogens with zero attached hydrogens (tertiary/aromatic N) is 1. The van der Waals surface area contributed by atoms with Gasteiger partial charge in [-0.25, -0.2) is 13.2 Å². The van der Waals surface area contributed by atoms with Crippen LogP contribution in [-0.2, 0) is 14.8 Å². The number of carbonyl (C=O) groups is 1.